The Morgan fingerprint density at radius 3 is 2.65 bits per heavy atom. The molecule has 0 saturated carbocycles. The minimum atomic E-state index is -0.0790. The number of hydrogen-bond acceptors (Lipinski definition) is 3. The third-order valence-corrected chi connectivity index (χ3v) is 5.16. The number of rotatable bonds is 3. The number of nitrogens with one attached hydrogen (secondary N) is 1. The number of carbonyl (C=O) groups excluding carboxylic acids is 1. The zero-order valence-corrected chi connectivity index (χ0v) is 17.3. The highest BCUT2D eigenvalue weighted by Gasteiger charge is 2.20. The molecule has 0 amide bonds. The lowest BCUT2D eigenvalue weighted by Crippen LogP contribution is -2.05. The number of nitrogens with zero attached hydrogens (tertiary/aromatic N) is 2. The Morgan fingerprint density at radius 2 is 1.92 bits per heavy atom. The summed E-state index contributed by atoms with van der Waals surface area (Å²) in [7, 11) is 0. The van der Waals surface area contributed by atoms with Gasteiger partial charge in [0.1, 0.15) is 11.6 Å². The van der Waals surface area contributed by atoms with E-state index in [-0.39, 0.29) is 5.91 Å². The van der Waals surface area contributed by atoms with Crippen LogP contribution in [-0.4, -0.2) is 27.0 Å². The number of carbonyl (C=O) groups is 1. The quantitative estimate of drug-likeness (QED) is 0.408. The first kappa shape index (κ1) is 17.3. The van der Waals surface area contributed by atoms with Crippen molar-refractivity contribution >= 4 is 59.8 Å². The fourth-order valence-corrected chi connectivity index (χ4v) is 3.87. The third kappa shape index (κ3) is 2.75. The molecule has 2 heterocycles. The molecule has 0 aliphatic carbocycles. The highest BCUT2D eigenvalue weighted by Crippen LogP contribution is 2.35. The van der Waals surface area contributed by atoms with Crippen LogP contribution < -0.4 is 4.74 Å². The first-order chi connectivity index (χ1) is 12.5. The molecule has 0 fully saturated rings. The van der Waals surface area contributed by atoms with Gasteiger partial charge in [-0.2, -0.15) is 0 Å². The Bertz CT molecular complexity index is 1160. The van der Waals surface area contributed by atoms with Gasteiger partial charge in [-0.1, -0.05) is 31.9 Å². The van der Waals surface area contributed by atoms with Gasteiger partial charge in [0.25, 0.3) is 0 Å². The van der Waals surface area contributed by atoms with Crippen molar-refractivity contribution in [3.8, 4) is 17.1 Å². The molecule has 0 aliphatic rings. The van der Waals surface area contributed by atoms with Gasteiger partial charge in [0.2, 0.25) is 5.91 Å². The van der Waals surface area contributed by atoms with Crippen LogP contribution in [0.2, 0.25) is 0 Å². The maximum Gasteiger partial charge on any atom is 0.229 e. The highest BCUT2D eigenvalue weighted by atomic mass is 79.9. The summed E-state index contributed by atoms with van der Waals surface area (Å²) in [5.41, 5.74) is 3.12. The van der Waals surface area contributed by atoms with Crippen molar-refractivity contribution in [1.82, 2.24) is 14.5 Å². The van der Waals surface area contributed by atoms with Gasteiger partial charge in [0, 0.05) is 21.3 Å². The maximum absolute atomic E-state index is 12.3. The number of hydrogen-bond donors (Lipinski definition) is 1. The number of imidazole rings is 1. The van der Waals surface area contributed by atoms with Crippen molar-refractivity contribution in [2.45, 2.75) is 13.8 Å². The predicted octanol–water partition coefficient (Wildman–Crippen LogP) is 5.77. The molecule has 2 aromatic carbocycles. The molecule has 0 saturated heterocycles. The second-order valence-corrected chi connectivity index (χ2v) is 7.70. The van der Waals surface area contributed by atoms with Crippen molar-refractivity contribution < 1.29 is 9.53 Å². The maximum atomic E-state index is 12.3. The van der Waals surface area contributed by atoms with E-state index in [1.54, 1.807) is 11.5 Å². The normalized spacial score (nSPS) is 11.4. The molecule has 2 aromatic heterocycles. The molecule has 0 radical (unpaired) electrons. The number of aromatic nitrogens is 3. The van der Waals surface area contributed by atoms with Crippen LogP contribution in [0.3, 0.4) is 0 Å². The van der Waals surface area contributed by atoms with E-state index in [9.17, 15) is 4.79 Å². The van der Waals surface area contributed by atoms with E-state index in [0.717, 1.165) is 36.7 Å². The minimum absolute atomic E-state index is 0.0790. The van der Waals surface area contributed by atoms with Crippen LogP contribution in [0.25, 0.3) is 33.5 Å². The van der Waals surface area contributed by atoms with E-state index in [1.165, 1.54) is 0 Å². The number of halogens is 2. The zero-order chi connectivity index (χ0) is 18.4. The fraction of sp³-hybridized carbons (Fsp3) is 0.158. The molecule has 7 heteroatoms. The molecule has 4 aromatic rings. The largest absolute Gasteiger partial charge is 0.493 e. The minimum Gasteiger partial charge on any atom is -0.493 e. The molecule has 26 heavy (non-hydrogen) atoms. The highest BCUT2D eigenvalue weighted by molar-refractivity contribution is 9.10. The molecule has 132 valence electrons. The predicted molar refractivity (Wildman–Crippen MR) is 110 cm³/mol. The molecule has 5 nitrogen and oxygen atoms in total. The summed E-state index contributed by atoms with van der Waals surface area (Å²) in [5.74, 6) is 1.33. The van der Waals surface area contributed by atoms with Gasteiger partial charge in [-0.05, 0) is 43.3 Å². The molecule has 0 unspecified atom stereocenters. The molecule has 1 N–H and O–H groups in total. The van der Waals surface area contributed by atoms with E-state index >= 15 is 0 Å². The van der Waals surface area contributed by atoms with Crippen molar-refractivity contribution in [2.24, 2.45) is 0 Å². The molecule has 0 aliphatic heterocycles. The lowest BCUT2D eigenvalue weighted by molar-refractivity contribution is 0.0946. The second kappa shape index (κ2) is 6.55. The van der Waals surface area contributed by atoms with Gasteiger partial charge in [0.05, 0.1) is 23.2 Å². The molecular formula is C19H15Br2N3O2. The summed E-state index contributed by atoms with van der Waals surface area (Å²) in [4.78, 5) is 20.4. The molecule has 0 atom stereocenters. The lowest BCUT2D eigenvalue weighted by Gasteiger charge is -2.08. The standard InChI is InChI=1S/C19H15Br2N3O2/c1-3-26-16-7-5-12(21)9-14(16)18-22-17-13-8-11(20)4-6-15(13)24(10(2)25)19(17)23-18/h4-9H,3H2,1-2H3,(H,22,23). The summed E-state index contributed by atoms with van der Waals surface area (Å²) in [6.07, 6.45) is 0. The van der Waals surface area contributed by atoms with Crippen molar-refractivity contribution in [1.29, 1.82) is 0 Å². The molecule has 4 rings (SSSR count). The number of benzene rings is 2. The summed E-state index contributed by atoms with van der Waals surface area (Å²) in [6, 6.07) is 11.6. The molecule has 0 spiro atoms. The van der Waals surface area contributed by atoms with Gasteiger partial charge in [-0.3, -0.25) is 9.36 Å². The van der Waals surface area contributed by atoms with Crippen molar-refractivity contribution in [2.75, 3.05) is 6.61 Å². The number of ether oxygens (including phenoxy) is 1. The SMILES string of the molecule is CCOc1ccc(Br)cc1-c1nc2c([nH]1)c1cc(Br)ccc1n2C(C)=O. The van der Waals surface area contributed by atoms with Gasteiger partial charge in [-0.25, -0.2) is 4.98 Å². The first-order valence-electron chi connectivity index (χ1n) is 8.13. The van der Waals surface area contributed by atoms with Gasteiger partial charge in [-0.15, -0.1) is 0 Å². The van der Waals surface area contributed by atoms with Crippen LogP contribution in [-0.2, 0) is 0 Å². The lowest BCUT2D eigenvalue weighted by atomic mass is 10.2. The summed E-state index contributed by atoms with van der Waals surface area (Å²) >= 11 is 7.01. The number of H-pyrrole nitrogens is 1. The molecule has 0 bridgehead atoms. The van der Waals surface area contributed by atoms with Crippen LogP contribution in [0.4, 0.5) is 0 Å². The smallest absolute Gasteiger partial charge is 0.229 e. The molecular weight excluding hydrogens is 462 g/mol. The zero-order valence-electron chi connectivity index (χ0n) is 14.1. The Labute approximate surface area is 166 Å². The second-order valence-electron chi connectivity index (χ2n) is 5.87. The number of aromatic amines is 1. The van der Waals surface area contributed by atoms with Crippen LogP contribution in [0, 0.1) is 0 Å². The van der Waals surface area contributed by atoms with Crippen LogP contribution in [0.1, 0.15) is 18.6 Å². The Hall–Kier alpha value is -2.12. The third-order valence-electron chi connectivity index (χ3n) is 4.18. The fourth-order valence-electron chi connectivity index (χ4n) is 3.15. The van der Waals surface area contributed by atoms with Crippen molar-refractivity contribution in [3.05, 3.63) is 45.3 Å². The van der Waals surface area contributed by atoms with Crippen molar-refractivity contribution in [3.63, 3.8) is 0 Å². The van der Waals surface area contributed by atoms with E-state index < -0.39 is 0 Å². The Morgan fingerprint density at radius 1 is 1.19 bits per heavy atom. The van der Waals surface area contributed by atoms with E-state index in [2.05, 4.69) is 36.8 Å². The Kier molecular flexibility index (Phi) is 4.36. The summed E-state index contributed by atoms with van der Waals surface area (Å²) in [6.45, 7) is 4.05. The topological polar surface area (TPSA) is 59.9 Å². The van der Waals surface area contributed by atoms with Crippen LogP contribution in [0.5, 0.6) is 5.75 Å². The number of fused-ring (bicyclic) bond motifs is 3. The van der Waals surface area contributed by atoms with Gasteiger partial charge < -0.3 is 9.72 Å². The monoisotopic (exact) mass is 475 g/mol. The Balaban J connectivity index is 2.03. The van der Waals surface area contributed by atoms with Gasteiger partial charge >= 0.3 is 0 Å². The first-order valence-corrected chi connectivity index (χ1v) is 9.71. The average Bonchev–Trinajstić information content (AvgIpc) is 3.13. The van der Waals surface area contributed by atoms with E-state index in [1.807, 2.05) is 43.3 Å². The summed E-state index contributed by atoms with van der Waals surface area (Å²) < 4.78 is 9.25. The van der Waals surface area contributed by atoms with Crippen LogP contribution >= 0.6 is 31.9 Å². The van der Waals surface area contributed by atoms with Gasteiger partial charge in [0.15, 0.2) is 5.65 Å². The summed E-state index contributed by atoms with van der Waals surface area (Å²) in [5, 5.41) is 0.941. The van der Waals surface area contributed by atoms with E-state index in [0.29, 0.717) is 18.1 Å². The van der Waals surface area contributed by atoms with Crippen LogP contribution in [0.15, 0.2) is 45.3 Å². The van der Waals surface area contributed by atoms with E-state index in [4.69, 9.17) is 9.72 Å². The average molecular weight is 477 g/mol.